The molecule has 1 aromatic rings. The molecule has 0 saturated carbocycles. The van der Waals surface area contributed by atoms with E-state index < -0.39 is 0 Å². The van der Waals surface area contributed by atoms with Gasteiger partial charge in [0.25, 0.3) is 0 Å². The Morgan fingerprint density at radius 3 is 2.50 bits per heavy atom. The van der Waals surface area contributed by atoms with Gasteiger partial charge in [0.1, 0.15) is 0 Å². The SMILES string of the molecule is C=C(O)CCCc1ccccc1. The van der Waals surface area contributed by atoms with E-state index in [2.05, 4.69) is 18.7 Å². The van der Waals surface area contributed by atoms with Gasteiger partial charge in [0.2, 0.25) is 0 Å². The highest BCUT2D eigenvalue weighted by Gasteiger charge is 1.92. The maximum absolute atomic E-state index is 8.84. The zero-order valence-electron chi connectivity index (χ0n) is 7.16. The first-order valence-corrected chi connectivity index (χ1v) is 4.19. The Bertz CT molecular complexity index is 238. The van der Waals surface area contributed by atoms with Gasteiger partial charge in [-0.25, -0.2) is 0 Å². The lowest BCUT2D eigenvalue weighted by atomic mass is 10.1. The van der Waals surface area contributed by atoms with Crippen molar-refractivity contribution in [1.82, 2.24) is 0 Å². The van der Waals surface area contributed by atoms with Crippen LogP contribution in [0.4, 0.5) is 0 Å². The first kappa shape index (κ1) is 8.85. The van der Waals surface area contributed by atoms with Gasteiger partial charge in [-0.3, -0.25) is 0 Å². The lowest BCUT2D eigenvalue weighted by Crippen LogP contribution is -1.86. The predicted octanol–water partition coefficient (Wildman–Crippen LogP) is 3.08. The highest BCUT2D eigenvalue weighted by atomic mass is 16.3. The molecule has 1 aromatic carbocycles. The quantitative estimate of drug-likeness (QED) is 0.674. The fraction of sp³-hybridized carbons (Fsp3) is 0.273. The largest absolute Gasteiger partial charge is 0.513 e. The molecule has 0 spiro atoms. The fourth-order valence-corrected chi connectivity index (χ4v) is 1.14. The zero-order valence-corrected chi connectivity index (χ0v) is 7.16. The maximum Gasteiger partial charge on any atom is 0.0851 e. The van der Waals surface area contributed by atoms with Crippen molar-refractivity contribution in [2.75, 3.05) is 0 Å². The lowest BCUT2D eigenvalue weighted by molar-refractivity contribution is 0.387. The van der Waals surface area contributed by atoms with Gasteiger partial charge in [0.05, 0.1) is 5.76 Å². The van der Waals surface area contributed by atoms with Crippen molar-refractivity contribution in [1.29, 1.82) is 0 Å². The number of aliphatic hydroxyl groups excluding tert-OH is 1. The molecule has 0 fully saturated rings. The number of rotatable bonds is 4. The van der Waals surface area contributed by atoms with Crippen molar-refractivity contribution >= 4 is 0 Å². The summed E-state index contributed by atoms with van der Waals surface area (Å²) < 4.78 is 0. The Kier molecular flexibility index (Phi) is 3.39. The van der Waals surface area contributed by atoms with Gasteiger partial charge in [0, 0.05) is 6.42 Å². The van der Waals surface area contributed by atoms with Crippen LogP contribution in [0.25, 0.3) is 0 Å². The Labute approximate surface area is 73.4 Å². The van der Waals surface area contributed by atoms with Gasteiger partial charge in [0.15, 0.2) is 0 Å². The highest BCUT2D eigenvalue weighted by Crippen LogP contribution is 2.06. The van der Waals surface area contributed by atoms with Gasteiger partial charge in [-0.2, -0.15) is 0 Å². The fourth-order valence-electron chi connectivity index (χ4n) is 1.14. The van der Waals surface area contributed by atoms with Crippen LogP contribution in [-0.4, -0.2) is 5.11 Å². The predicted molar refractivity (Wildman–Crippen MR) is 51.1 cm³/mol. The van der Waals surface area contributed by atoms with E-state index in [0.717, 1.165) is 12.8 Å². The van der Waals surface area contributed by atoms with E-state index in [9.17, 15) is 0 Å². The molecule has 1 N–H and O–H groups in total. The molecule has 64 valence electrons. The van der Waals surface area contributed by atoms with E-state index in [-0.39, 0.29) is 5.76 Å². The van der Waals surface area contributed by atoms with Crippen LogP contribution in [0.15, 0.2) is 42.7 Å². The van der Waals surface area contributed by atoms with Crippen molar-refractivity contribution in [3.8, 4) is 0 Å². The van der Waals surface area contributed by atoms with E-state index >= 15 is 0 Å². The first-order valence-electron chi connectivity index (χ1n) is 4.19. The summed E-state index contributed by atoms with van der Waals surface area (Å²) in [5, 5.41) is 8.84. The monoisotopic (exact) mass is 162 g/mol. The number of hydrogen-bond acceptors (Lipinski definition) is 1. The van der Waals surface area contributed by atoms with Crippen LogP contribution in [0.1, 0.15) is 18.4 Å². The van der Waals surface area contributed by atoms with E-state index in [0.29, 0.717) is 6.42 Å². The molecule has 0 aromatic heterocycles. The van der Waals surface area contributed by atoms with Crippen LogP contribution in [0.3, 0.4) is 0 Å². The molecule has 0 atom stereocenters. The molecule has 0 amide bonds. The molecule has 1 heteroatoms. The lowest BCUT2D eigenvalue weighted by Gasteiger charge is -1.99. The molecule has 0 heterocycles. The highest BCUT2D eigenvalue weighted by molar-refractivity contribution is 5.14. The van der Waals surface area contributed by atoms with Gasteiger partial charge < -0.3 is 5.11 Å². The minimum Gasteiger partial charge on any atom is -0.513 e. The molecular formula is C11H14O. The molecule has 1 rings (SSSR count). The summed E-state index contributed by atoms with van der Waals surface area (Å²) in [5.41, 5.74) is 1.32. The summed E-state index contributed by atoms with van der Waals surface area (Å²) in [4.78, 5) is 0. The topological polar surface area (TPSA) is 20.2 Å². The number of benzene rings is 1. The summed E-state index contributed by atoms with van der Waals surface area (Å²) in [6.45, 7) is 3.44. The smallest absolute Gasteiger partial charge is 0.0851 e. The molecule has 12 heavy (non-hydrogen) atoms. The minimum absolute atomic E-state index is 0.283. The number of allylic oxidation sites excluding steroid dienone is 1. The van der Waals surface area contributed by atoms with E-state index in [1.54, 1.807) is 0 Å². The Hall–Kier alpha value is -1.24. The summed E-state index contributed by atoms with van der Waals surface area (Å²) >= 11 is 0. The second kappa shape index (κ2) is 4.60. The summed E-state index contributed by atoms with van der Waals surface area (Å²) in [5.74, 6) is 0.283. The van der Waals surface area contributed by atoms with Gasteiger partial charge in [-0.15, -0.1) is 0 Å². The van der Waals surface area contributed by atoms with Gasteiger partial charge in [-0.1, -0.05) is 36.9 Å². The summed E-state index contributed by atoms with van der Waals surface area (Å²) in [7, 11) is 0. The van der Waals surface area contributed by atoms with Crippen LogP contribution in [0.2, 0.25) is 0 Å². The number of aryl methyl sites for hydroxylation is 1. The zero-order chi connectivity index (χ0) is 8.81. The molecular weight excluding hydrogens is 148 g/mol. The number of aliphatic hydroxyl groups is 1. The standard InChI is InChI=1S/C11H14O/c1-10(12)6-5-9-11-7-3-2-4-8-11/h2-4,7-8,12H,1,5-6,9H2. The van der Waals surface area contributed by atoms with Crippen molar-refractivity contribution < 1.29 is 5.11 Å². The molecule has 0 radical (unpaired) electrons. The van der Waals surface area contributed by atoms with E-state index in [1.165, 1.54) is 5.56 Å². The molecule has 0 saturated heterocycles. The second-order valence-corrected chi connectivity index (χ2v) is 2.91. The summed E-state index contributed by atoms with van der Waals surface area (Å²) in [6.07, 6.45) is 2.69. The second-order valence-electron chi connectivity index (χ2n) is 2.91. The Morgan fingerprint density at radius 2 is 1.92 bits per heavy atom. The average molecular weight is 162 g/mol. The molecule has 0 unspecified atom stereocenters. The third-order valence-corrected chi connectivity index (χ3v) is 1.77. The Morgan fingerprint density at radius 1 is 1.25 bits per heavy atom. The van der Waals surface area contributed by atoms with E-state index in [4.69, 9.17) is 5.11 Å². The molecule has 1 nitrogen and oxygen atoms in total. The average Bonchev–Trinajstić information content (AvgIpc) is 2.05. The van der Waals surface area contributed by atoms with Crippen LogP contribution in [0.5, 0.6) is 0 Å². The number of hydrogen-bond donors (Lipinski definition) is 1. The van der Waals surface area contributed by atoms with Crippen LogP contribution >= 0.6 is 0 Å². The third-order valence-electron chi connectivity index (χ3n) is 1.77. The Balaban J connectivity index is 2.29. The van der Waals surface area contributed by atoms with Gasteiger partial charge >= 0.3 is 0 Å². The molecule has 0 aliphatic carbocycles. The van der Waals surface area contributed by atoms with Crippen molar-refractivity contribution in [2.45, 2.75) is 19.3 Å². The molecule has 0 aliphatic heterocycles. The van der Waals surface area contributed by atoms with Crippen LogP contribution in [-0.2, 0) is 6.42 Å². The normalized spacial score (nSPS) is 9.67. The van der Waals surface area contributed by atoms with Crippen LogP contribution < -0.4 is 0 Å². The maximum atomic E-state index is 8.84. The van der Waals surface area contributed by atoms with Crippen molar-refractivity contribution in [3.63, 3.8) is 0 Å². The minimum atomic E-state index is 0.283. The summed E-state index contributed by atoms with van der Waals surface area (Å²) in [6, 6.07) is 10.3. The van der Waals surface area contributed by atoms with Crippen molar-refractivity contribution in [2.24, 2.45) is 0 Å². The van der Waals surface area contributed by atoms with Gasteiger partial charge in [-0.05, 0) is 18.4 Å². The molecule has 0 bridgehead atoms. The van der Waals surface area contributed by atoms with Crippen molar-refractivity contribution in [3.05, 3.63) is 48.2 Å². The van der Waals surface area contributed by atoms with Crippen LogP contribution in [0, 0.1) is 0 Å². The molecule has 0 aliphatic rings. The van der Waals surface area contributed by atoms with E-state index in [1.807, 2.05) is 18.2 Å². The third kappa shape index (κ3) is 3.24. The first-order chi connectivity index (χ1) is 5.79.